The average Bonchev–Trinajstić information content (AvgIpc) is 2.54. The predicted molar refractivity (Wildman–Crippen MR) is 92.4 cm³/mol. The number of carbonyl (C=O) groups excluding carboxylic acids is 1. The minimum absolute atomic E-state index is 0.0504. The van der Waals surface area contributed by atoms with E-state index >= 15 is 0 Å². The van der Waals surface area contributed by atoms with Crippen molar-refractivity contribution in [2.75, 3.05) is 6.61 Å². The molecule has 6 heteroatoms. The van der Waals surface area contributed by atoms with E-state index in [1.807, 2.05) is 0 Å². The molecule has 0 amide bonds. The van der Waals surface area contributed by atoms with Crippen LogP contribution >= 0.6 is 23.2 Å². The molecule has 3 aromatic rings. The fourth-order valence-electron chi connectivity index (χ4n) is 2.65. The third-order valence-electron chi connectivity index (χ3n) is 3.62. The maximum Gasteiger partial charge on any atom is 0.325 e. The Morgan fingerprint density at radius 1 is 1.13 bits per heavy atom. The number of para-hydroxylation sites is 1. The molecule has 0 aliphatic carbocycles. The molecule has 23 heavy (non-hydrogen) atoms. The van der Waals surface area contributed by atoms with Crippen molar-refractivity contribution < 1.29 is 9.53 Å². The quantitative estimate of drug-likeness (QED) is 0.529. The molecular weight excluding hydrogens is 337 g/mol. The summed E-state index contributed by atoms with van der Waals surface area (Å²) in [6.07, 6.45) is 0. The van der Waals surface area contributed by atoms with Gasteiger partial charge in [0, 0.05) is 10.8 Å². The van der Waals surface area contributed by atoms with Gasteiger partial charge in [-0.1, -0.05) is 35.3 Å². The van der Waals surface area contributed by atoms with Crippen molar-refractivity contribution in [3.05, 3.63) is 56.7 Å². The minimum Gasteiger partial charge on any atom is -0.465 e. The van der Waals surface area contributed by atoms with E-state index in [9.17, 15) is 9.59 Å². The highest BCUT2D eigenvalue weighted by Crippen LogP contribution is 2.31. The van der Waals surface area contributed by atoms with Crippen LogP contribution in [-0.4, -0.2) is 17.1 Å². The lowest BCUT2D eigenvalue weighted by Gasteiger charge is -2.16. The molecule has 0 aliphatic heterocycles. The summed E-state index contributed by atoms with van der Waals surface area (Å²) >= 11 is 12.4. The number of nitrogens with zero attached hydrogens (tertiary/aromatic N) is 1. The van der Waals surface area contributed by atoms with Crippen molar-refractivity contribution in [2.45, 2.75) is 13.5 Å². The number of fused-ring (bicyclic) bond motifs is 2. The number of carbonyl (C=O) groups is 1. The lowest BCUT2D eigenvalue weighted by atomic mass is 10.1. The van der Waals surface area contributed by atoms with Crippen molar-refractivity contribution in [3.63, 3.8) is 0 Å². The van der Waals surface area contributed by atoms with Crippen LogP contribution < -0.4 is 5.43 Å². The lowest BCUT2D eigenvalue weighted by molar-refractivity contribution is -0.143. The second-order valence-electron chi connectivity index (χ2n) is 4.99. The van der Waals surface area contributed by atoms with Crippen LogP contribution in [0.25, 0.3) is 21.8 Å². The highest BCUT2D eigenvalue weighted by Gasteiger charge is 2.17. The Morgan fingerprint density at radius 3 is 2.61 bits per heavy atom. The van der Waals surface area contributed by atoms with Gasteiger partial charge in [0.25, 0.3) is 0 Å². The number of benzene rings is 2. The number of rotatable bonds is 3. The van der Waals surface area contributed by atoms with E-state index in [4.69, 9.17) is 27.9 Å². The molecule has 2 aromatic carbocycles. The zero-order valence-corrected chi connectivity index (χ0v) is 13.8. The predicted octanol–water partition coefficient (Wildman–Crippen LogP) is 4.02. The average molecular weight is 350 g/mol. The molecule has 0 bridgehead atoms. The van der Waals surface area contributed by atoms with E-state index in [1.165, 1.54) is 0 Å². The summed E-state index contributed by atoms with van der Waals surface area (Å²) in [6, 6.07) is 10.3. The molecule has 0 fully saturated rings. The Hall–Kier alpha value is -2.04. The maximum absolute atomic E-state index is 12.7. The lowest BCUT2D eigenvalue weighted by Crippen LogP contribution is -2.18. The molecule has 0 saturated heterocycles. The molecule has 3 rings (SSSR count). The van der Waals surface area contributed by atoms with Gasteiger partial charge in [-0.25, -0.2) is 0 Å². The molecule has 118 valence electrons. The van der Waals surface area contributed by atoms with Crippen LogP contribution in [0.1, 0.15) is 6.92 Å². The molecule has 0 spiro atoms. The summed E-state index contributed by atoms with van der Waals surface area (Å²) in [5.74, 6) is -0.404. The van der Waals surface area contributed by atoms with Crippen molar-refractivity contribution >= 4 is 51.0 Å². The monoisotopic (exact) mass is 349 g/mol. The van der Waals surface area contributed by atoms with E-state index in [0.29, 0.717) is 26.8 Å². The first kappa shape index (κ1) is 15.8. The molecule has 0 aliphatic rings. The molecule has 4 nitrogen and oxygen atoms in total. The second-order valence-corrected chi connectivity index (χ2v) is 5.78. The number of aromatic nitrogens is 1. The normalized spacial score (nSPS) is 11.1. The maximum atomic E-state index is 12.7. The smallest absolute Gasteiger partial charge is 0.325 e. The van der Waals surface area contributed by atoms with Crippen molar-refractivity contribution in [1.82, 2.24) is 4.57 Å². The third-order valence-corrected chi connectivity index (χ3v) is 4.41. The van der Waals surface area contributed by atoms with Crippen LogP contribution in [0.5, 0.6) is 0 Å². The van der Waals surface area contributed by atoms with Gasteiger partial charge in [0.1, 0.15) is 6.54 Å². The van der Waals surface area contributed by atoms with E-state index < -0.39 is 5.97 Å². The standard InChI is InChI=1S/C17H13Cl2NO3/c1-2-23-14(21)9-20-13-6-4-3-5-10(13)17(22)11-7-8-12(18)15(19)16(11)20/h3-8H,2,9H2,1H3. The minimum atomic E-state index is -0.404. The Labute approximate surface area is 142 Å². The van der Waals surface area contributed by atoms with Crippen LogP contribution in [0.15, 0.2) is 41.2 Å². The first-order chi connectivity index (χ1) is 11.0. The first-order valence-electron chi connectivity index (χ1n) is 7.09. The molecule has 0 saturated carbocycles. The van der Waals surface area contributed by atoms with Gasteiger partial charge in [0.15, 0.2) is 5.43 Å². The number of hydrogen-bond acceptors (Lipinski definition) is 3. The van der Waals surface area contributed by atoms with Crippen molar-refractivity contribution in [2.24, 2.45) is 0 Å². The molecule has 0 atom stereocenters. The molecular formula is C17H13Cl2NO3. The summed E-state index contributed by atoms with van der Waals surface area (Å²) < 4.78 is 6.71. The molecule has 0 radical (unpaired) electrons. The molecule has 0 N–H and O–H groups in total. The number of hydrogen-bond donors (Lipinski definition) is 0. The zero-order valence-electron chi connectivity index (χ0n) is 12.3. The van der Waals surface area contributed by atoms with Gasteiger partial charge in [-0.3, -0.25) is 9.59 Å². The SMILES string of the molecule is CCOC(=O)Cn1c2ccccc2c(=O)c2ccc(Cl)c(Cl)c21. The molecule has 1 aromatic heterocycles. The Balaban J connectivity index is 2.45. The van der Waals surface area contributed by atoms with Crippen LogP contribution in [0.3, 0.4) is 0 Å². The number of halogens is 2. The summed E-state index contributed by atoms with van der Waals surface area (Å²) in [6.45, 7) is 1.97. The largest absolute Gasteiger partial charge is 0.465 e. The third kappa shape index (κ3) is 2.69. The summed E-state index contributed by atoms with van der Waals surface area (Å²) in [7, 11) is 0. The summed E-state index contributed by atoms with van der Waals surface area (Å²) in [5.41, 5.74) is 0.910. The van der Waals surface area contributed by atoms with Crippen molar-refractivity contribution in [1.29, 1.82) is 0 Å². The van der Waals surface area contributed by atoms with E-state index in [2.05, 4.69) is 0 Å². The van der Waals surface area contributed by atoms with Gasteiger partial charge >= 0.3 is 5.97 Å². The highest BCUT2D eigenvalue weighted by atomic mass is 35.5. The van der Waals surface area contributed by atoms with Gasteiger partial charge in [0.2, 0.25) is 0 Å². The van der Waals surface area contributed by atoms with Gasteiger partial charge in [-0.2, -0.15) is 0 Å². The Kier molecular flexibility index (Phi) is 4.28. The topological polar surface area (TPSA) is 48.3 Å². The molecule has 1 heterocycles. The van der Waals surface area contributed by atoms with Crippen molar-refractivity contribution in [3.8, 4) is 0 Å². The fraction of sp³-hybridized carbons (Fsp3) is 0.176. The van der Waals surface area contributed by atoms with Gasteiger partial charge in [-0.15, -0.1) is 0 Å². The zero-order chi connectivity index (χ0) is 16.6. The molecule has 0 unspecified atom stereocenters. The van der Waals surface area contributed by atoms with E-state index in [1.54, 1.807) is 47.9 Å². The van der Waals surface area contributed by atoms with Gasteiger partial charge in [-0.05, 0) is 31.2 Å². The summed E-state index contributed by atoms with van der Waals surface area (Å²) in [4.78, 5) is 24.7. The van der Waals surface area contributed by atoms with E-state index in [-0.39, 0.29) is 23.6 Å². The Bertz CT molecular complexity index is 979. The van der Waals surface area contributed by atoms with Crippen LogP contribution in [0.2, 0.25) is 10.0 Å². The number of esters is 1. The van der Waals surface area contributed by atoms with Crippen LogP contribution in [-0.2, 0) is 16.1 Å². The van der Waals surface area contributed by atoms with Gasteiger partial charge in [0.05, 0.1) is 27.7 Å². The van der Waals surface area contributed by atoms with E-state index in [0.717, 1.165) is 0 Å². The summed E-state index contributed by atoms with van der Waals surface area (Å²) in [5, 5.41) is 1.51. The van der Waals surface area contributed by atoms with Crippen LogP contribution in [0.4, 0.5) is 0 Å². The Morgan fingerprint density at radius 2 is 1.87 bits per heavy atom. The van der Waals surface area contributed by atoms with Crippen LogP contribution in [0, 0.1) is 0 Å². The second kappa shape index (κ2) is 6.22. The first-order valence-corrected chi connectivity index (χ1v) is 7.85. The van der Waals surface area contributed by atoms with Gasteiger partial charge < -0.3 is 9.30 Å². The number of ether oxygens (including phenoxy) is 1. The fourth-order valence-corrected chi connectivity index (χ4v) is 3.07. The highest BCUT2D eigenvalue weighted by molar-refractivity contribution is 6.45. The number of pyridine rings is 1.